The quantitative estimate of drug-likeness (QED) is 0.690. The Morgan fingerprint density at radius 2 is 2.12 bits per heavy atom. The van der Waals surface area contributed by atoms with E-state index in [1.54, 1.807) is 27.0 Å². The van der Waals surface area contributed by atoms with E-state index in [1.807, 2.05) is 18.2 Å². The first-order valence-electron chi connectivity index (χ1n) is 8.45. The van der Waals surface area contributed by atoms with Gasteiger partial charge in [0.1, 0.15) is 11.9 Å². The maximum Gasteiger partial charge on any atom is 0.374 e. The Balaban J connectivity index is 2.13. The predicted molar refractivity (Wildman–Crippen MR) is 93.8 cm³/mol. The molecule has 4 N–H and O–H groups in total. The highest BCUT2D eigenvalue weighted by atomic mass is 16.5. The van der Waals surface area contributed by atoms with Crippen LogP contribution in [0.3, 0.4) is 0 Å². The Morgan fingerprint density at radius 1 is 1.42 bits per heavy atom. The first-order chi connectivity index (χ1) is 12.1. The van der Waals surface area contributed by atoms with Crippen LogP contribution in [0.1, 0.15) is 37.6 Å². The van der Waals surface area contributed by atoms with E-state index in [0.717, 1.165) is 16.3 Å². The highest BCUT2D eigenvalue weighted by Gasteiger charge is 2.37. The fraction of sp³-hybridized carbons (Fsp3) is 0.421. The lowest BCUT2D eigenvalue weighted by Crippen LogP contribution is -2.48. The van der Waals surface area contributed by atoms with Crippen molar-refractivity contribution in [2.45, 2.75) is 51.4 Å². The first-order valence-corrected chi connectivity index (χ1v) is 8.45. The average Bonchev–Trinajstić information content (AvgIpc) is 2.96. The largest absolute Gasteiger partial charge is 0.486 e. The van der Waals surface area contributed by atoms with Crippen LogP contribution in [0.25, 0.3) is 10.8 Å². The van der Waals surface area contributed by atoms with Crippen molar-refractivity contribution in [1.82, 2.24) is 0 Å². The number of carbonyl (C=O) groups excluding carboxylic acids is 1. The number of rotatable bonds is 5. The highest BCUT2D eigenvalue weighted by molar-refractivity contribution is 5.89. The molecular weight excluding hydrogens is 336 g/mol. The molecular formula is C19H23N2O5+. The number of carboxylic acids is 1. The van der Waals surface area contributed by atoms with Crippen LogP contribution >= 0.6 is 0 Å². The Labute approximate surface area is 151 Å². The molecule has 7 heteroatoms. The highest BCUT2D eigenvalue weighted by Crippen LogP contribution is 2.38. The van der Waals surface area contributed by atoms with Gasteiger partial charge in [0.15, 0.2) is 11.9 Å². The molecule has 26 heavy (non-hydrogen) atoms. The average molecular weight is 359 g/mol. The van der Waals surface area contributed by atoms with Crippen LogP contribution in [-0.4, -0.2) is 33.8 Å². The van der Waals surface area contributed by atoms with Gasteiger partial charge in [0.25, 0.3) is 6.04 Å². The number of hydrogen-bond donors (Lipinski definition) is 3. The molecule has 1 unspecified atom stereocenters. The van der Waals surface area contributed by atoms with E-state index in [1.165, 1.54) is 4.57 Å². The molecule has 0 fully saturated rings. The van der Waals surface area contributed by atoms with Crippen LogP contribution in [0.15, 0.2) is 24.4 Å². The molecule has 2 heterocycles. The number of pyridine rings is 1. The number of hydrogen-bond acceptors (Lipinski definition) is 4. The van der Waals surface area contributed by atoms with Crippen molar-refractivity contribution in [1.29, 1.82) is 0 Å². The van der Waals surface area contributed by atoms with Crippen molar-refractivity contribution in [2.75, 3.05) is 0 Å². The van der Waals surface area contributed by atoms with Gasteiger partial charge in [0, 0.05) is 19.4 Å². The third-order valence-corrected chi connectivity index (χ3v) is 4.82. The number of carbonyl (C=O) groups is 2. The SMILES string of the molecule is Cc1cc2ccc3c(c2c[n+]1[C@@H](CC(N)=O)C(=O)O)OC(C(C)(C)O)C3. The first kappa shape index (κ1) is 18.1. The molecule has 2 atom stereocenters. The van der Waals surface area contributed by atoms with Gasteiger partial charge in [0.2, 0.25) is 5.91 Å². The number of amides is 1. The molecule has 7 nitrogen and oxygen atoms in total. The molecule has 1 aromatic carbocycles. The number of aliphatic carboxylic acids is 1. The third-order valence-electron chi connectivity index (χ3n) is 4.82. The van der Waals surface area contributed by atoms with Gasteiger partial charge in [-0.15, -0.1) is 0 Å². The lowest BCUT2D eigenvalue weighted by molar-refractivity contribution is -0.714. The topological polar surface area (TPSA) is 114 Å². The summed E-state index contributed by atoms with van der Waals surface area (Å²) in [5.74, 6) is -1.16. The number of aliphatic hydroxyl groups is 1. The summed E-state index contributed by atoms with van der Waals surface area (Å²) in [7, 11) is 0. The van der Waals surface area contributed by atoms with Crippen molar-refractivity contribution in [3.8, 4) is 5.75 Å². The second kappa shape index (κ2) is 6.25. The van der Waals surface area contributed by atoms with Crippen molar-refractivity contribution >= 4 is 22.6 Å². The van der Waals surface area contributed by atoms with E-state index >= 15 is 0 Å². The second-order valence-corrected chi connectivity index (χ2v) is 7.37. The van der Waals surface area contributed by atoms with Crippen molar-refractivity contribution in [2.24, 2.45) is 5.73 Å². The second-order valence-electron chi connectivity index (χ2n) is 7.37. The fourth-order valence-electron chi connectivity index (χ4n) is 3.37. The van der Waals surface area contributed by atoms with Gasteiger partial charge < -0.3 is 20.7 Å². The maximum atomic E-state index is 11.6. The summed E-state index contributed by atoms with van der Waals surface area (Å²) in [6.07, 6.45) is 1.59. The molecule has 0 saturated heterocycles. The van der Waals surface area contributed by atoms with E-state index in [-0.39, 0.29) is 12.5 Å². The van der Waals surface area contributed by atoms with Crippen LogP contribution in [0.4, 0.5) is 0 Å². The normalized spacial score (nSPS) is 17.6. The maximum absolute atomic E-state index is 11.6. The molecule has 1 aromatic heterocycles. The summed E-state index contributed by atoms with van der Waals surface area (Å²) in [4.78, 5) is 22.9. The summed E-state index contributed by atoms with van der Waals surface area (Å²) in [5, 5.41) is 21.4. The predicted octanol–water partition coefficient (Wildman–Crippen LogP) is 1.01. The van der Waals surface area contributed by atoms with Gasteiger partial charge in [-0.2, -0.15) is 4.57 Å². The summed E-state index contributed by atoms with van der Waals surface area (Å²) in [6.45, 7) is 5.18. The zero-order valence-electron chi connectivity index (χ0n) is 15.0. The number of benzene rings is 1. The molecule has 1 amide bonds. The van der Waals surface area contributed by atoms with Crippen LogP contribution in [0.2, 0.25) is 0 Å². The number of carboxylic acid groups (broad SMARTS) is 1. The third kappa shape index (κ3) is 3.22. The van der Waals surface area contributed by atoms with Crippen molar-refractivity contribution < 1.29 is 29.1 Å². The van der Waals surface area contributed by atoms with Gasteiger partial charge in [-0.05, 0) is 24.8 Å². The number of nitrogens with two attached hydrogens (primary N) is 1. The van der Waals surface area contributed by atoms with Crippen molar-refractivity contribution in [3.63, 3.8) is 0 Å². The smallest absolute Gasteiger partial charge is 0.374 e. The molecule has 2 aromatic rings. The summed E-state index contributed by atoms with van der Waals surface area (Å²) in [6, 6.07) is 4.68. The minimum absolute atomic E-state index is 0.297. The molecule has 138 valence electrons. The molecule has 3 rings (SSSR count). The summed E-state index contributed by atoms with van der Waals surface area (Å²) < 4.78 is 7.54. The Bertz CT molecular complexity index is 901. The Kier molecular flexibility index (Phi) is 4.36. The lowest BCUT2D eigenvalue weighted by Gasteiger charge is -2.24. The number of aryl methyl sites for hydroxylation is 1. The Morgan fingerprint density at radius 3 is 2.69 bits per heavy atom. The molecule has 0 bridgehead atoms. The summed E-state index contributed by atoms with van der Waals surface area (Å²) >= 11 is 0. The molecule has 0 aliphatic carbocycles. The standard InChI is InChI=1S/C19H22N2O5/c1-10-6-11-4-5-12-7-15(19(2,3)25)26-17(12)13(11)9-21(10)14(18(23)24)8-16(20)22/h4-6,9,14-15,25H,7-8H2,1-3H3,(H2-,20,22,23,24)/p+1/t14-,15?/m0/s1. The van der Waals surface area contributed by atoms with Gasteiger partial charge in [-0.1, -0.05) is 12.1 Å². The van der Waals surface area contributed by atoms with E-state index in [9.17, 15) is 19.8 Å². The Hall–Kier alpha value is -2.67. The monoisotopic (exact) mass is 359 g/mol. The van der Waals surface area contributed by atoms with Crippen LogP contribution in [0.5, 0.6) is 5.75 Å². The van der Waals surface area contributed by atoms with E-state index in [4.69, 9.17) is 10.5 Å². The lowest BCUT2D eigenvalue weighted by atomic mass is 9.96. The number of fused-ring (bicyclic) bond motifs is 3. The molecule has 0 saturated carbocycles. The van der Waals surface area contributed by atoms with Gasteiger partial charge in [-0.25, -0.2) is 4.79 Å². The zero-order valence-corrected chi connectivity index (χ0v) is 15.0. The zero-order chi connectivity index (χ0) is 19.2. The van der Waals surface area contributed by atoms with Gasteiger partial charge in [0.05, 0.1) is 17.4 Å². The minimum atomic E-state index is -1.13. The summed E-state index contributed by atoms with van der Waals surface area (Å²) in [5.41, 5.74) is 5.88. The van der Waals surface area contributed by atoms with Crippen LogP contribution in [-0.2, 0) is 16.0 Å². The van der Waals surface area contributed by atoms with Gasteiger partial charge in [-0.3, -0.25) is 4.79 Å². The molecule has 1 aliphatic rings. The molecule has 0 radical (unpaired) electrons. The molecule has 1 aliphatic heterocycles. The van der Waals surface area contributed by atoms with Crippen LogP contribution in [0, 0.1) is 6.92 Å². The van der Waals surface area contributed by atoms with Crippen LogP contribution < -0.4 is 15.0 Å². The number of nitrogens with zero attached hydrogens (tertiary/aromatic N) is 1. The van der Waals surface area contributed by atoms with E-state index < -0.39 is 23.5 Å². The molecule has 0 spiro atoms. The number of aromatic nitrogens is 1. The fourth-order valence-corrected chi connectivity index (χ4v) is 3.37. The van der Waals surface area contributed by atoms with Gasteiger partial charge >= 0.3 is 5.97 Å². The van der Waals surface area contributed by atoms with Crippen molar-refractivity contribution in [3.05, 3.63) is 35.7 Å². The minimum Gasteiger partial charge on any atom is -0.486 e. The van der Waals surface area contributed by atoms with E-state index in [2.05, 4.69) is 0 Å². The van der Waals surface area contributed by atoms with E-state index in [0.29, 0.717) is 17.9 Å². The number of primary amides is 1. The number of ether oxygens (including phenoxy) is 1.